The Morgan fingerprint density at radius 2 is 2.00 bits per heavy atom. The van der Waals surface area contributed by atoms with Crippen LogP contribution in [0.1, 0.15) is 16.7 Å². The van der Waals surface area contributed by atoms with E-state index in [9.17, 15) is 4.79 Å². The van der Waals surface area contributed by atoms with Gasteiger partial charge in [-0.15, -0.1) is 0 Å². The number of benzene rings is 1. The van der Waals surface area contributed by atoms with Gasteiger partial charge in [-0.1, -0.05) is 12.1 Å². The molecule has 0 fully saturated rings. The first-order valence-corrected chi connectivity index (χ1v) is 6.45. The lowest BCUT2D eigenvalue weighted by Gasteiger charge is -2.12. The van der Waals surface area contributed by atoms with E-state index in [2.05, 4.69) is 10.3 Å². The van der Waals surface area contributed by atoms with Gasteiger partial charge in [-0.25, -0.2) is 4.98 Å². The minimum atomic E-state index is -0.0728. The summed E-state index contributed by atoms with van der Waals surface area (Å²) in [6.45, 7) is 4.00. The Morgan fingerprint density at radius 1 is 1.20 bits per heavy atom. The number of rotatable bonds is 4. The molecule has 0 saturated heterocycles. The lowest BCUT2D eigenvalue weighted by Crippen LogP contribution is -2.16. The van der Waals surface area contributed by atoms with Crippen LogP contribution in [0.5, 0.6) is 5.75 Å². The van der Waals surface area contributed by atoms with Crippen LogP contribution in [0.2, 0.25) is 0 Å². The monoisotopic (exact) mass is 270 g/mol. The molecule has 0 aliphatic carbocycles. The molecule has 2 rings (SSSR count). The summed E-state index contributed by atoms with van der Waals surface area (Å²) in [6.07, 6.45) is 1.98. The van der Waals surface area contributed by atoms with E-state index in [1.807, 2.05) is 38.1 Å². The van der Waals surface area contributed by atoms with E-state index < -0.39 is 0 Å². The zero-order valence-electron chi connectivity index (χ0n) is 11.9. The second-order valence-electron chi connectivity index (χ2n) is 4.62. The fraction of sp³-hybridized carbons (Fsp3) is 0.250. The summed E-state index contributed by atoms with van der Waals surface area (Å²) in [7, 11) is 1.65. The van der Waals surface area contributed by atoms with Crippen molar-refractivity contribution in [2.75, 3.05) is 12.4 Å². The molecule has 2 aromatic rings. The van der Waals surface area contributed by atoms with Gasteiger partial charge in [0.15, 0.2) is 0 Å². The molecule has 104 valence electrons. The van der Waals surface area contributed by atoms with Gasteiger partial charge in [0, 0.05) is 6.20 Å². The normalized spacial score (nSPS) is 10.2. The number of aromatic nitrogens is 1. The Bertz CT molecular complexity index is 609. The summed E-state index contributed by atoms with van der Waals surface area (Å²) >= 11 is 0. The van der Waals surface area contributed by atoms with Gasteiger partial charge >= 0.3 is 0 Å². The molecule has 0 spiro atoms. The predicted molar refractivity (Wildman–Crippen MR) is 79.0 cm³/mol. The molecule has 1 aromatic carbocycles. The van der Waals surface area contributed by atoms with Crippen molar-refractivity contribution in [1.29, 1.82) is 0 Å². The largest absolute Gasteiger partial charge is 0.496 e. The number of amides is 1. The fourth-order valence-electron chi connectivity index (χ4n) is 2.06. The molecule has 0 unspecified atom stereocenters. The van der Waals surface area contributed by atoms with Crippen LogP contribution < -0.4 is 10.1 Å². The van der Waals surface area contributed by atoms with Crippen LogP contribution in [0.25, 0.3) is 0 Å². The van der Waals surface area contributed by atoms with Crippen molar-refractivity contribution in [3.8, 4) is 5.75 Å². The van der Waals surface area contributed by atoms with Crippen molar-refractivity contribution in [3.63, 3.8) is 0 Å². The Morgan fingerprint density at radius 3 is 2.65 bits per heavy atom. The Kier molecular flexibility index (Phi) is 4.35. The van der Waals surface area contributed by atoms with Crippen LogP contribution in [-0.4, -0.2) is 18.0 Å². The molecular formula is C16H18N2O2. The van der Waals surface area contributed by atoms with Gasteiger partial charge in [0.2, 0.25) is 5.91 Å². The molecule has 0 bridgehead atoms. The highest BCUT2D eigenvalue weighted by Crippen LogP contribution is 2.24. The first-order valence-electron chi connectivity index (χ1n) is 6.45. The van der Waals surface area contributed by atoms with E-state index in [0.29, 0.717) is 12.2 Å². The van der Waals surface area contributed by atoms with Gasteiger partial charge in [-0.2, -0.15) is 0 Å². The van der Waals surface area contributed by atoms with Crippen LogP contribution >= 0.6 is 0 Å². The zero-order valence-corrected chi connectivity index (χ0v) is 11.9. The van der Waals surface area contributed by atoms with Crippen LogP contribution in [-0.2, 0) is 11.2 Å². The first-order chi connectivity index (χ1) is 9.61. The predicted octanol–water partition coefficient (Wildman–Crippen LogP) is 2.89. The molecule has 4 heteroatoms. The highest BCUT2D eigenvalue weighted by molar-refractivity contribution is 5.91. The Labute approximate surface area is 118 Å². The number of nitrogens with one attached hydrogen (secondary N) is 1. The summed E-state index contributed by atoms with van der Waals surface area (Å²) < 4.78 is 5.27. The van der Waals surface area contributed by atoms with Gasteiger partial charge in [-0.05, 0) is 48.7 Å². The smallest absolute Gasteiger partial charge is 0.229 e. The Balaban J connectivity index is 2.10. The summed E-state index contributed by atoms with van der Waals surface area (Å²) in [5, 5.41) is 2.78. The zero-order chi connectivity index (χ0) is 14.5. The minimum absolute atomic E-state index is 0.0728. The van der Waals surface area contributed by atoms with Crippen molar-refractivity contribution in [1.82, 2.24) is 4.98 Å². The third-order valence-electron chi connectivity index (χ3n) is 3.35. The van der Waals surface area contributed by atoms with Crippen molar-refractivity contribution < 1.29 is 9.53 Å². The molecular weight excluding hydrogens is 252 g/mol. The maximum Gasteiger partial charge on any atom is 0.229 e. The van der Waals surface area contributed by atoms with Crippen LogP contribution in [0.4, 0.5) is 5.82 Å². The average Bonchev–Trinajstić information content (AvgIpc) is 2.45. The molecule has 0 radical (unpaired) electrons. The highest BCUT2D eigenvalue weighted by Gasteiger charge is 2.10. The van der Waals surface area contributed by atoms with Crippen LogP contribution in [0.15, 0.2) is 36.5 Å². The van der Waals surface area contributed by atoms with Gasteiger partial charge in [0.1, 0.15) is 11.6 Å². The summed E-state index contributed by atoms with van der Waals surface area (Å²) in [4.78, 5) is 16.1. The second kappa shape index (κ2) is 6.19. The molecule has 1 N–H and O–H groups in total. The maximum absolute atomic E-state index is 12.0. The third kappa shape index (κ3) is 3.15. The van der Waals surface area contributed by atoms with E-state index in [1.54, 1.807) is 19.4 Å². The topological polar surface area (TPSA) is 51.2 Å². The van der Waals surface area contributed by atoms with Crippen LogP contribution in [0.3, 0.4) is 0 Å². The molecule has 20 heavy (non-hydrogen) atoms. The average molecular weight is 270 g/mol. The van der Waals surface area contributed by atoms with Gasteiger partial charge in [0.25, 0.3) is 0 Å². The van der Waals surface area contributed by atoms with Gasteiger partial charge < -0.3 is 10.1 Å². The van der Waals surface area contributed by atoms with Gasteiger partial charge in [-0.3, -0.25) is 4.79 Å². The number of ether oxygens (including phenoxy) is 1. The third-order valence-corrected chi connectivity index (χ3v) is 3.35. The lowest BCUT2D eigenvalue weighted by molar-refractivity contribution is -0.115. The number of carbonyl (C=O) groups is 1. The van der Waals surface area contributed by atoms with Crippen molar-refractivity contribution in [3.05, 3.63) is 53.2 Å². The number of hydrogen-bond donors (Lipinski definition) is 1. The quantitative estimate of drug-likeness (QED) is 0.929. The van der Waals surface area contributed by atoms with Crippen LogP contribution in [0, 0.1) is 13.8 Å². The number of hydrogen-bond acceptors (Lipinski definition) is 3. The molecule has 0 saturated carbocycles. The second-order valence-corrected chi connectivity index (χ2v) is 4.62. The maximum atomic E-state index is 12.0. The number of carbonyl (C=O) groups excluding carboxylic acids is 1. The first kappa shape index (κ1) is 14.1. The molecule has 1 amide bonds. The van der Waals surface area contributed by atoms with Crippen molar-refractivity contribution >= 4 is 11.7 Å². The van der Waals surface area contributed by atoms with E-state index in [0.717, 1.165) is 22.4 Å². The lowest BCUT2D eigenvalue weighted by atomic mass is 10.00. The highest BCUT2D eigenvalue weighted by atomic mass is 16.5. The SMILES string of the molecule is COc1ccc(CC(=O)Nc2ccccn2)c(C)c1C. The van der Waals surface area contributed by atoms with Crippen molar-refractivity contribution in [2.45, 2.75) is 20.3 Å². The summed E-state index contributed by atoms with van der Waals surface area (Å²) in [5.41, 5.74) is 3.15. The number of anilines is 1. The van der Waals surface area contributed by atoms with Gasteiger partial charge in [0.05, 0.1) is 13.5 Å². The standard InChI is InChI=1S/C16H18N2O2/c1-11-12(2)14(20-3)8-7-13(11)10-16(19)18-15-6-4-5-9-17-15/h4-9H,10H2,1-3H3,(H,17,18,19). The molecule has 4 nitrogen and oxygen atoms in total. The number of pyridine rings is 1. The molecule has 0 aliphatic heterocycles. The van der Waals surface area contributed by atoms with Crippen molar-refractivity contribution in [2.24, 2.45) is 0 Å². The molecule has 0 aliphatic rings. The minimum Gasteiger partial charge on any atom is -0.496 e. The summed E-state index contributed by atoms with van der Waals surface area (Å²) in [6, 6.07) is 9.24. The molecule has 1 aromatic heterocycles. The number of methoxy groups -OCH3 is 1. The van der Waals surface area contributed by atoms with E-state index in [-0.39, 0.29) is 5.91 Å². The van der Waals surface area contributed by atoms with E-state index >= 15 is 0 Å². The molecule has 0 atom stereocenters. The Hall–Kier alpha value is -2.36. The molecule has 1 heterocycles. The van der Waals surface area contributed by atoms with E-state index in [1.165, 1.54) is 0 Å². The summed E-state index contributed by atoms with van der Waals surface area (Å²) in [5.74, 6) is 1.34. The number of nitrogens with zero attached hydrogens (tertiary/aromatic N) is 1. The fourth-order valence-corrected chi connectivity index (χ4v) is 2.06. The van der Waals surface area contributed by atoms with E-state index in [4.69, 9.17) is 4.74 Å².